The number of nitrogens with one attached hydrogen (secondary N) is 1. The Balaban J connectivity index is 1.68. The molecule has 0 unspecified atom stereocenters. The maximum Gasteiger partial charge on any atom is 0.338 e. The highest BCUT2D eigenvalue weighted by atomic mass is 32.2. The van der Waals surface area contributed by atoms with Gasteiger partial charge in [0.15, 0.2) is 9.84 Å². The molecule has 0 radical (unpaired) electrons. The minimum absolute atomic E-state index is 0.0251. The fourth-order valence-electron chi connectivity index (χ4n) is 2.93. The molecule has 0 saturated heterocycles. The molecule has 0 saturated carbocycles. The van der Waals surface area contributed by atoms with Gasteiger partial charge in [0.25, 0.3) is 5.56 Å². The van der Waals surface area contributed by atoms with Crippen molar-refractivity contribution >= 4 is 26.8 Å². The summed E-state index contributed by atoms with van der Waals surface area (Å²) in [6.45, 7) is 0.350. The van der Waals surface area contributed by atoms with Crippen molar-refractivity contribution < 1.29 is 18.3 Å². The van der Waals surface area contributed by atoms with Crippen molar-refractivity contribution in [2.45, 2.75) is 11.4 Å². The average molecular weight is 413 g/mol. The molecule has 4 aromatic rings. The van der Waals surface area contributed by atoms with E-state index in [0.29, 0.717) is 17.6 Å². The molecule has 0 atom stereocenters. The molecule has 3 aromatic heterocycles. The summed E-state index contributed by atoms with van der Waals surface area (Å²) in [4.78, 5) is 30.8. The number of H-pyrrole nitrogens is 1. The number of carboxylic acids is 1. The predicted octanol–water partition coefficient (Wildman–Crippen LogP) is 1.06. The second-order valence-corrected chi connectivity index (χ2v) is 8.48. The third kappa shape index (κ3) is 3.55. The molecule has 2 N–H and O–H groups in total. The second kappa shape index (κ2) is 6.71. The highest BCUT2D eigenvalue weighted by Gasteiger charge is 2.13. The Labute approximate surface area is 164 Å². The van der Waals surface area contributed by atoms with E-state index in [0.717, 1.165) is 18.0 Å². The highest BCUT2D eigenvalue weighted by Crippen LogP contribution is 2.15. The first-order valence-corrected chi connectivity index (χ1v) is 10.3. The molecule has 0 aliphatic heterocycles. The third-order valence-corrected chi connectivity index (χ3v) is 5.49. The highest BCUT2D eigenvalue weighted by molar-refractivity contribution is 7.90. The number of rotatable bonds is 5. The van der Waals surface area contributed by atoms with Gasteiger partial charge < -0.3 is 9.67 Å². The van der Waals surface area contributed by atoms with E-state index in [1.54, 1.807) is 29.0 Å². The Morgan fingerprint density at radius 3 is 2.55 bits per heavy atom. The Bertz CT molecular complexity index is 1400. The van der Waals surface area contributed by atoms with Crippen LogP contribution in [-0.4, -0.2) is 50.1 Å². The van der Waals surface area contributed by atoms with Gasteiger partial charge in [-0.15, -0.1) is 0 Å². The average Bonchev–Trinajstić information content (AvgIpc) is 3.29. The lowest BCUT2D eigenvalue weighted by molar-refractivity contribution is 0.0697. The van der Waals surface area contributed by atoms with Crippen molar-refractivity contribution in [3.05, 3.63) is 70.4 Å². The number of nitrogens with zero attached hydrogens (tertiary/aromatic N) is 4. The Morgan fingerprint density at radius 2 is 1.93 bits per heavy atom. The van der Waals surface area contributed by atoms with Gasteiger partial charge in [-0.2, -0.15) is 5.10 Å². The molecule has 0 fully saturated rings. The van der Waals surface area contributed by atoms with Gasteiger partial charge in [-0.1, -0.05) is 12.1 Å². The summed E-state index contributed by atoms with van der Waals surface area (Å²) in [6, 6.07) is 8.09. The first-order valence-electron chi connectivity index (χ1n) is 8.39. The fraction of sp³-hybridized carbons (Fsp3) is 0.111. The molecular weight excluding hydrogens is 398 g/mol. The van der Waals surface area contributed by atoms with Crippen LogP contribution in [0.5, 0.6) is 0 Å². The number of benzene rings is 1. The number of hydrogen-bond acceptors (Lipinski definition) is 6. The summed E-state index contributed by atoms with van der Waals surface area (Å²) >= 11 is 0. The van der Waals surface area contributed by atoms with Crippen LogP contribution in [0.2, 0.25) is 0 Å². The van der Waals surface area contributed by atoms with E-state index in [1.807, 2.05) is 0 Å². The third-order valence-electron chi connectivity index (χ3n) is 4.36. The maximum atomic E-state index is 12.6. The Morgan fingerprint density at radius 1 is 1.21 bits per heavy atom. The first-order chi connectivity index (χ1) is 13.7. The van der Waals surface area contributed by atoms with Gasteiger partial charge in [0.1, 0.15) is 5.52 Å². The fourth-order valence-corrected chi connectivity index (χ4v) is 3.56. The van der Waals surface area contributed by atoms with E-state index in [-0.39, 0.29) is 16.4 Å². The second-order valence-electron chi connectivity index (χ2n) is 6.46. The topological polar surface area (TPSA) is 140 Å². The van der Waals surface area contributed by atoms with Crippen LogP contribution >= 0.6 is 0 Å². The number of carboxylic acid groups (broad SMARTS) is 1. The normalized spacial score (nSPS) is 11.8. The Hall–Kier alpha value is -3.73. The molecule has 1 aromatic carbocycles. The number of fused-ring (bicyclic) bond motifs is 1. The van der Waals surface area contributed by atoms with Crippen LogP contribution in [-0.2, 0) is 16.4 Å². The van der Waals surface area contributed by atoms with Crippen molar-refractivity contribution in [2.24, 2.45) is 0 Å². The van der Waals surface area contributed by atoms with Gasteiger partial charge >= 0.3 is 5.97 Å². The molecule has 4 rings (SSSR count). The number of aromatic nitrogens is 5. The zero-order valence-electron chi connectivity index (χ0n) is 15.1. The zero-order chi connectivity index (χ0) is 20.8. The van der Waals surface area contributed by atoms with E-state index in [9.17, 15) is 18.0 Å². The quantitative estimate of drug-likeness (QED) is 0.498. The molecule has 0 aliphatic rings. The van der Waals surface area contributed by atoms with E-state index < -0.39 is 21.4 Å². The molecule has 10 nitrogen and oxygen atoms in total. The predicted molar refractivity (Wildman–Crippen MR) is 103 cm³/mol. The van der Waals surface area contributed by atoms with Crippen LogP contribution in [0.3, 0.4) is 0 Å². The summed E-state index contributed by atoms with van der Waals surface area (Å²) in [5, 5.41) is 12.9. The van der Waals surface area contributed by atoms with E-state index >= 15 is 0 Å². The minimum Gasteiger partial charge on any atom is -0.478 e. The van der Waals surface area contributed by atoms with Crippen molar-refractivity contribution in [1.29, 1.82) is 0 Å². The van der Waals surface area contributed by atoms with Crippen LogP contribution < -0.4 is 5.56 Å². The molecule has 0 amide bonds. The van der Waals surface area contributed by atoms with Crippen LogP contribution in [0.4, 0.5) is 0 Å². The van der Waals surface area contributed by atoms with Gasteiger partial charge in [-0.3, -0.25) is 9.78 Å². The standard InChI is InChI=1S/C18H15N5O5S/c1-29(27,28)13-4-2-11(3-5-13)9-22-7-6-14-15(22)16(24)21-18(20-14)23-10-12(8-19-23)17(25)26/h2-8,10H,9H2,1H3,(H,25,26)(H,20,21,24). The lowest BCUT2D eigenvalue weighted by atomic mass is 10.2. The number of hydrogen-bond donors (Lipinski definition) is 2. The number of sulfone groups is 1. The molecule has 0 bridgehead atoms. The molecule has 0 spiro atoms. The number of aromatic carboxylic acids is 1. The Kier molecular flexibility index (Phi) is 4.31. The first kappa shape index (κ1) is 18.6. The zero-order valence-corrected chi connectivity index (χ0v) is 15.9. The lowest BCUT2D eigenvalue weighted by Crippen LogP contribution is -2.16. The molecular formula is C18H15N5O5S. The largest absolute Gasteiger partial charge is 0.478 e. The number of carbonyl (C=O) groups is 1. The molecule has 148 valence electrons. The van der Waals surface area contributed by atoms with Gasteiger partial charge in [-0.05, 0) is 23.8 Å². The van der Waals surface area contributed by atoms with E-state index in [1.165, 1.54) is 23.0 Å². The summed E-state index contributed by atoms with van der Waals surface area (Å²) in [5.74, 6) is -1.03. The van der Waals surface area contributed by atoms with Crippen molar-refractivity contribution in [1.82, 2.24) is 24.3 Å². The summed E-state index contributed by atoms with van der Waals surface area (Å²) in [5.41, 5.74) is 1.14. The SMILES string of the molecule is CS(=O)(=O)c1ccc(Cn2ccc3nc(-n4cc(C(=O)O)cn4)[nH]c(=O)c32)cc1. The van der Waals surface area contributed by atoms with Crippen LogP contribution in [0.15, 0.2) is 58.6 Å². The maximum absolute atomic E-state index is 12.6. The van der Waals surface area contributed by atoms with Gasteiger partial charge in [0.05, 0.1) is 22.2 Å². The van der Waals surface area contributed by atoms with Gasteiger partial charge in [0.2, 0.25) is 5.95 Å². The van der Waals surface area contributed by atoms with Crippen LogP contribution in [0.25, 0.3) is 17.0 Å². The molecule has 11 heteroatoms. The minimum atomic E-state index is -3.27. The molecule has 29 heavy (non-hydrogen) atoms. The smallest absolute Gasteiger partial charge is 0.338 e. The summed E-state index contributed by atoms with van der Waals surface area (Å²) in [7, 11) is -3.27. The van der Waals surface area contributed by atoms with Crippen LogP contribution in [0.1, 0.15) is 15.9 Å². The van der Waals surface area contributed by atoms with Gasteiger partial charge in [0, 0.05) is 25.2 Å². The molecule has 0 aliphatic carbocycles. The van der Waals surface area contributed by atoms with Crippen molar-refractivity contribution in [3.63, 3.8) is 0 Å². The van der Waals surface area contributed by atoms with Crippen molar-refractivity contribution in [3.8, 4) is 5.95 Å². The van der Waals surface area contributed by atoms with Gasteiger partial charge in [-0.25, -0.2) is 22.9 Å². The van der Waals surface area contributed by atoms with E-state index in [2.05, 4.69) is 15.1 Å². The molecule has 3 heterocycles. The van der Waals surface area contributed by atoms with Crippen LogP contribution in [0, 0.1) is 0 Å². The lowest BCUT2D eigenvalue weighted by Gasteiger charge is -2.07. The summed E-state index contributed by atoms with van der Waals surface area (Å²) < 4.78 is 26.0. The number of aromatic amines is 1. The van der Waals surface area contributed by atoms with Crippen molar-refractivity contribution in [2.75, 3.05) is 6.26 Å². The summed E-state index contributed by atoms with van der Waals surface area (Å²) in [6.07, 6.45) is 5.26. The monoisotopic (exact) mass is 413 g/mol. The van der Waals surface area contributed by atoms with E-state index in [4.69, 9.17) is 5.11 Å².